The van der Waals surface area contributed by atoms with E-state index in [9.17, 15) is 4.79 Å². The predicted molar refractivity (Wildman–Crippen MR) is 51.7 cm³/mol. The van der Waals surface area contributed by atoms with Gasteiger partial charge in [-0.05, 0) is 12.0 Å². The second-order valence-corrected chi connectivity index (χ2v) is 2.75. The Balaban J connectivity index is 2.11. The highest BCUT2D eigenvalue weighted by Gasteiger charge is 2.01. The van der Waals surface area contributed by atoms with Gasteiger partial charge in [0.05, 0.1) is 0 Å². The van der Waals surface area contributed by atoms with E-state index >= 15 is 0 Å². The topological polar surface area (TPSA) is 109 Å². The normalized spacial score (nSPS) is 9.33. The monoisotopic (exact) mass is 209 g/mol. The van der Waals surface area contributed by atoms with E-state index in [1.165, 1.54) is 17.3 Å². The van der Waals surface area contributed by atoms with Crippen molar-refractivity contribution in [3.63, 3.8) is 0 Å². The van der Waals surface area contributed by atoms with Crippen molar-refractivity contribution < 1.29 is 4.79 Å². The Kier molecular flexibility index (Phi) is 4.68. The van der Waals surface area contributed by atoms with Crippen LogP contribution in [0.2, 0.25) is 0 Å². The van der Waals surface area contributed by atoms with E-state index in [1.807, 2.05) is 0 Å². The molecule has 15 heavy (non-hydrogen) atoms. The summed E-state index contributed by atoms with van der Waals surface area (Å²) >= 11 is 0. The minimum atomic E-state index is -0.138. The Labute approximate surface area is 85.9 Å². The molecule has 0 fully saturated rings. The third-order valence-corrected chi connectivity index (χ3v) is 1.59. The van der Waals surface area contributed by atoms with E-state index in [0.29, 0.717) is 19.5 Å². The quantitative estimate of drug-likeness (QED) is 0.310. The zero-order valence-electron chi connectivity index (χ0n) is 8.07. The summed E-state index contributed by atoms with van der Waals surface area (Å²) < 4.78 is 1.43. The average Bonchev–Trinajstić information content (AvgIpc) is 2.70. The molecule has 0 bridgehead atoms. The van der Waals surface area contributed by atoms with Gasteiger partial charge in [-0.1, -0.05) is 5.11 Å². The molecule has 1 amide bonds. The maximum Gasteiger partial charge on any atom is 0.241 e. The van der Waals surface area contributed by atoms with Crippen molar-refractivity contribution in [2.75, 3.05) is 13.1 Å². The SMILES string of the molecule is [N-]=[N+]=NCCCNC(=O)Cn1cncn1. The van der Waals surface area contributed by atoms with Crippen molar-refractivity contribution in [2.45, 2.75) is 13.0 Å². The Morgan fingerprint density at radius 3 is 3.20 bits per heavy atom. The van der Waals surface area contributed by atoms with Gasteiger partial charge in [0, 0.05) is 18.0 Å². The molecule has 1 aromatic rings. The van der Waals surface area contributed by atoms with Crippen molar-refractivity contribution in [3.8, 4) is 0 Å². The van der Waals surface area contributed by atoms with Crippen LogP contribution in [-0.2, 0) is 11.3 Å². The minimum Gasteiger partial charge on any atom is -0.354 e. The Morgan fingerprint density at radius 1 is 1.67 bits per heavy atom. The standard InChI is InChI=1S/C7H11N7O/c8-13-11-3-1-2-10-7(15)4-14-6-9-5-12-14/h5-6H,1-4H2,(H,10,15). The summed E-state index contributed by atoms with van der Waals surface area (Å²) in [7, 11) is 0. The summed E-state index contributed by atoms with van der Waals surface area (Å²) in [5.41, 5.74) is 8.00. The first-order valence-electron chi connectivity index (χ1n) is 4.43. The first kappa shape index (κ1) is 11.0. The highest BCUT2D eigenvalue weighted by atomic mass is 16.2. The molecule has 8 nitrogen and oxygen atoms in total. The van der Waals surface area contributed by atoms with Crippen LogP contribution in [0.4, 0.5) is 0 Å². The van der Waals surface area contributed by atoms with Crippen LogP contribution in [0.1, 0.15) is 6.42 Å². The molecule has 0 radical (unpaired) electrons. The number of carbonyl (C=O) groups excluding carboxylic acids is 1. The van der Waals surface area contributed by atoms with E-state index in [2.05, 4.69) is 25.4 Å². The van der Waals surface area contributed by atoms with Gasteiger partial charge in [-0.25, -0.2) is 9.67 Å². The summed E-state index contributed by atoms with van der Waals surface area (Å²) in [6.45, 7) is 1.04. The van der Waals surface area contributed by atoms with Crippen LogP contribution in [0.5, 0.6) is 0 Å². The van der Waals surface area contributed by atoms with Crippen molar-refractivity contribution in [1.82, 2.24) is 20.1 Å². The number of hydrogen-bond acceptors (Lipinski definition) is 4. The molecule has 1 aromatic heterocycles. The van der Waals surface area contributed by atoms with Gasteiger partial charge in [0.25, 0.3) is 0 Å². The summed E-state index contributed by atoms with van der Waals surface area (Å²) in [5.74, 6) is -0.138. The lowest BCUT2D eigenvalue weighted by molar-refractivity contribution is -0.121. The van der Waals surface area contributed by atoms with Crippen LogP contribution < -0.4 is 5.32 Å². The van der Waals surface area contributed by atoms with Crippen molar-refractivity contribution in [3.05, 3.63) is 23.1 Å². The van der Waals surface area contributed by atoms with Crippen LogP contribution >= 0.6 is 0 Å². The fraction of sp³-hybridized carbons (Fsp3) is 0.571. The summed E-state index contributed by atoms with van der Waals surface area (Å²) in [6.07, 6.45) is 3.47. The second-order valence-electron chi connectivity index (χ2n) is 2.75. The average molecular weight is 209 g/mol. The fourth-order valence-electron chi connectivity index (χ4n) is 0.940. The second kappa shape index (κ2) is 6.39. The molecular formula is C7H11N7O. The number of aromatic nitrogens is 3. The maximum absolute atomic E-state index is 11.2. The lowest BCUT2D eigenvalue weighted by Gasteiger charge is -2.02. The van der Waals surface area contributed by atoms with Gasteiger partial charge in [-0.3, -0.25) is 4.79 Å². The van der Waals surface area contributed by atoms with Crippen LogP contribution in [0.3, 0.4) is 0 Å². The van der Waals surface area contributed by atoms with E-state index in [0.717, 1.165) is 0 Å². The molecule has 0 aliphatic heterocycles. The Hall–Kier alpha value is -2.08. The summed E-state index contributed by atoms with van der Waals surface area (Å²) in [4.78, 5) is 17.6. The number of amides is 1. The van der Waals surface area contributed by atoms with Crippen molar-refractivity contribution in [2.24, 2.45) is 5.11 Å². The third kappa shape index (κ3) is 4.63. The number of hydrogen-bond donors (Lipinski definition) is 1. The van der Waals surface area contributed by atoms with Gasteiger partial charge < -0.3 is 5.32 Å². The lowest BCUT2D eigenvalue weighted by atomic mass is 10.4. The minimum absolute atomic E-state index is 0.138. The van der Waals surface area contributed by atoms with Crippen LogP contribution in [0.25, 0.3) is 10.4 Å². The molecule has 0 aliphatic carbocycles. The van der Waals surface area contributed by atoms with Gasteiger partial charge in [0.15, 0.2) is 0 Å². The maximum atomic E-state index is 11.2. The first-order valence-corrected chi connectivity index (χ1v) is 4.43. The zero-order valence-corrected chi connectivity index (χ0v) is 8.07. The largest absolute Gasteiger partial charge is 0.354 e. The molecule has 1 rings (SSSR count). The van der Waals surface area contributed by atoms with Gasteiger partial charge in [0.2, 0.25) is 5.91 Å². The highest BCUT2D eigenvalue weighted by Crippen LogP contribution is 1.83. The van der Waals surface area contributed by atoms with Crippen LogP contribution in [-0.4, -0.2) is 33.8 Å². The molecule has 8 heteroatoms. The van der Waals surface area contributed by atoms with Crippen LogP contribution in [0.15, 0.2) is 17.8 Å². The first-order chi connectivity index (χ1) is 7.33. The molecule has 0 spiro atoms. The van der Waals surface area contributed by atoms with E-state index in [1.54, 1.807) is 0 Å². The molecule has 1 heterocycles. The van der Waals surface area contributed by atoms with Gasteiger partial charge in [-0.2, -0.15) is 5.10 Å². The number of azide groups is 1. The Bertz CT molecular complexity index is 340. The fourth-order valence-corrected chi connectivity index (χ4v) is 0.940. The smallest absolute Gasteiger partial charge is 0.241 e. The molecule has 0 atom stereocenters. The molecule has 80 valence electrons. The van der Waals surface area contributed by atoms with Gasteiger partial charge in [0.1, 0.15) is 19.2 Å². The van der Waals surface area contributed by atoms with E-state index in [4.69, 9.17) is 5.53 Å². The highest BCUT2D eigenvalue weighted by molar-refractivity contribution is 5.75. The number of carbonyl (C=O) groups is 1. The number of nitrogens with one attached hydrogen (secondary N) is 1. The molecular weight excluding hydrogens is 198 g/mol. The molecule has 0 saturated heterocycles. The molecule has 1 N–H and O–H groups in total. The number of rotatable bonds is 6. The van der Waals surface area contributed by atoms with Crippen molar-refractivity contribution in [1.29, 1.82) is 0 Å². The van der Waals surface area contributed by atoms with Crippen LogP contribution in [0, 0.1) is 0 Å². The molecule has 0 aromatic carbocycles. The zero-order chi connectivity index (χ0) is 10.9. The van der Waals surface area contributed by atoms with E-state index in [-0.39, 0.29) is 12.5 Å². The molecule has 0 saturated carbocycles. The Morgan fingerprint density at radius 2 is 2.53 bits per heavy atom. The van der Waals surface area contributed by atoms with Gasteiger partial charge in [-0.15, -0.1) is 0 Å². The third-order valence-electron chi connectivity index (χ3n) is 1.59. The van der Waals surface area contributed by atoms with Crippen molar-refractivity contribution >= 4 is 5.91 Å². The lowest BCUT2D eigenvalue weighted by Crippen LogP contribution is -2.28. The van der Waals surface area contributed by atoms with Gasteiger partial charge >= 0.3 is 0 Å². The summed E-state index contributed by atoms with van der Waals surface area (Å²) in [5, 5.41) is 9.81. The summed E-state index contributed by atoms with van der Waals surface area (Å²) in [6, 6.07) is 0. The number of nitrogens with zero attached hydrogens (tertiary/aromatic N) is 6. The van der Waals surface area contributed by atoms with E-state index < -0.39 is 0 Å². The molecule has 0 aliphatic rings. The predicted octanol–water partition coefficient (Wildman–Crippen LogP) is 0.0947. The molecule has 0 unspecified atom stereocenters.